The van der Waals surface area contributed by atoms with Crippen LogP contribution in [0.3, 0.4) is 0 Å². The number of imidazole rings is 1. The number of carbonyl (C=O) groups is 1. The molecule has 8 heteroatoms. The smallest absolute Gasteiger partial charge is 0.407 e. The Bertz CT molecular complexity index is 742. The van der Waals surface area contributed by atoms with E-state index in [9.17, 15) is 4.79 Å². The molecule has 1 heterocycles. The molecule has 0 spiro atoms. The lowest BCUT2D eigenvalue weighted by atomic mass is 10.1. The van der Waals surface area contributed by atoms with Gasteiger partial charge in [0.15, 0.2) is 6.61 Å². The highest BCUT2D eigenvalue weighted by Crippen LogP contribution is 2.37. The summed E-state index contributed by atoms with van der Waals surface area (Å²) in [6.45, 7) is 7.03. The maximum absolute atomic E-state index is 11.4. The molecule has 0 fully saturated rings. The minimum absolute atomic E-state index is 0.115. The van der Waals surface area contributed by atoms with E-state index in [-0.39, 0.29) is 12.5 Å². The van der Waals surface area contributed by atoms with Gasteiger partial charge in [-0.25, -0.2) is 9.78 Å². The highest BCUT2D eigenvalue weighted by Gasteiger charge is 2.20. The largest absolute Gasteiger partial charge is 0.441 e. The summed E-state index contributed by atoms with van der Waals surface area (Å²) >= 11 is 13.8. The van der Waals surface area contributed by atoms with Crippen LogP contribution in [0.15, 0.2) is 28.1 Å². The van der Waals surface area contributed by atoms with Crippen molar-refractivity contribution < 1.29 is 9.53 Å². The summed E-state index contributed by atoms with van der Waals surface area (Å²) in [7, 11) is 1.53. The minimum Gasteiger partial charge on any atom is -0.441 e. The van der Waals surface area contributed by atoms with E-state index in [0.717, 1.165) is 15.6 Å². The van der Waals surface area contributed by atoms with Crippen molar-refractivity contribution in [3.8, 4) is 0 Å². The Kier molecular flexibility index (Phi) is 7.04. The normalized spacial score (nSPS) is 11.0. The average molecular weight is 402 g/mol. The Morgan fingerprint density at radius 3 is 2.48 bits per heavy atom. The second-order valence-electron chi connectivity index (χ2n) is 5.65. The molecule has 2 aromatic rings. The summed E-state index contributed by atoms with van der Waals surface area (Å²) in [6.07, 6.45) is -0.479. The Morgan fingerprint density at radius 2 is 1.96 bits per heavy atom. The first-order chi connectivity index (χ1) is 11.8. The van der Waals surface area contributed by atoms with Gasteiger partial charge in [-0.3, -0.25) is 0 Å². The molecule has 0 atom stereocenters. The van der Waals surface area contributed by atoms with Crippen LogP contribution in [0.5, 0.6) is 0 Å². The first-order valence-electron chi connectivity index (χ1n) is 7.93. The van der Waals surface area contributed by atoms with Crippen LogP contribution in [0.4, 0.5) is 4.79 Å². The Balaban J connectivity index is 2.40. The summed E-state index contributed by atoms with van der Waals surface area (Å²) in [5.74, 6) is 0.939. The second kappa shape index (κ2) is 8.83. The molecule has 1 aromatic heterocycles. The van der Waals surface area contributed by atoms with Crippen LogP contribution in [-0.4, -0.2) is 22.7 Å². The predicted octanol–water partition coefficient (Wildman–Crippen LogP) is 5.34. The number of hydrogen-bond donors (Lipinski definition) is 1. The van der Waals surface area contributed by atoms with E-state index >= 15 is 0 Å². The van der Waals surface area contributed by atoms with E-state index in [2.05, 4.69) is 23.7 Å². The molecule has 0 aliphatic carbocycles. The molecule has 0 aliphatic rings. The van der Waals surface area contributed by atoms with Gasteiger partial charge in [0.1, 0.15) is 10.9 Å². The third-order valence-electron chi connectivity index (χ3n) is 3.48. The number of aromatic nitrogens is 2. The van der Waals surface area contributed by atoms with Gasteiger partial charge in [0.2, 0.25) is 0 Å². The molecule has 1 amide bonds. The summed E-state index contributed by atoms with van der Waals surface area (Å²) in [5, 5.41) is 4.62. The molecule has 0 saturated heterocycles. The lowest BCUT2D eigenvalue weighted by Crippen LogP contribution is -2.20. The van der Waals surface area contributed by atoms with Crippen molar-refractivity contribution in [3.63, 3.8) is 0 Å². The molecular formula is C17H21Cl2N3O2S. The van der Waals surface area contributed by atoms with Gasteiger partial charge in [0, 0.05) is 28.5 Å². The van der Waals surface area contributed by atoms with Gasteiger partial charge in [-0.1, -0.05) is 48.8 Å². The highest BCUT2D eigenvalue weighted by molar-refractivity contribution is 7.99. The number of carbonyl (C=O) groups excluding carboxylic acids is 1. The lowest BCUT2D eigenvalue weighted by molar-refractivity contribution is 0.137. The molecule has 0 aliphatic heterocycles. The van der Waals surface area contributed by atoms with E-state index in [1.807, 2.05) is 19.1 Å². The van der Waals surface area contributed by atoms with Crippen molar-refractivity contribution in [1.29, 1.82) is 0 Å². The number of amides is 1. The summed E-state index contributed by atoms with van der Waals surface area (Å²) in [6, 6.07) is 5.45. The van der Waals surface area contributed by atoms with E-state index in [1.54, 1.807) is 17.8 Å². The fourth-order valence-corrected chi connectivity index (χ4v) is 4.30. The Morgan fingerprint density at radius 1 is 1.32 bits per heavy atom. The van der Waals surface area contributed by atoms with Crippen LogP contribution in [0.1, 0.15) is 38.2 Å². The van der Waals surface area contributed by atoms with E-state index < -0.39 is 6.09 Å². The fraction of sp³-hybridized carbons (Fsp3) is 0.412. The zero-order chi connectivity index (χ0) is 18.6. The summed E-state index contributed by atoms with van der Waals surface area (Å²) in [5.41, 5.74) is 0.957. The number of hydrogen-bond acceptors (Lipinski definition) is 4. The fourth-order valence-electron chi connectivity index (χ4n) is 2.32. The quantitative estimate of drug-likeness (QED) is 0.709. The van der Waals surface area contributed by atoms with Crippen LogP contribution in [0.2, 0.25) is 10.0 Å². The molecule has 1 N–H and O–H groups in total. The molecule has 0 radical (unpaired) electrons. The molecule has 2 rings (SSSR count). The SMILES string of the molecule is CCn1c(COC(=O)NC)nc(C(C)C)c1Sc1cc(Cl)cc(Cl)c1. The average Bonchev–Trinajstić information content (AvgIpc) is 2.89. The molecule has 136 valence electrons. The maximum Gasteiger partial charge on any atom is 0.407 e. The van der Waals surface area contributed by atoms with Crippen molar-refractivity contribution >= 4 is 41.1 Å². The van der Waals surface area contributed by atoms with Crippen LogP contribution in [-0.2, 0) is 17.9 Å². The van der Waals surface area contributed by atoms with E-state index in [4.69, 9.17) is 32.9 Å². The van der Waals surface area contributed by atoms with Crippen molar-refractivity contribution in [2.45, 2.75) is 49.8 Å². The number of halogens is 2. The maximum atomic E-state index is 11.4. The van der Waals surface area contributed by atoms with Gasteiger partial charge < -0.3 is 14.6 Å². The van der Waals surface area contributed by atoms with Crippen molar-refractivity contribution in [3.05, 3.63) is 39.8 Å². The van der Waals surface area contributed by atoms with Crippen molar-refractivity contribution in [1.82, 2.24) is 14.9 Å². The monoisotopic (exact) mass is 401 g/mol. The third-order valence-corrected chi connectivity index (χ3v) is 5.01. The van der Waals surface area contributed by atoms with Crippen LogP contribution in [0, 0.1) is 0 Å². The Labute approximate surface area is 162 Å². The van der Waals surface area contributed by atoms with Gasteiger partial charge in [0.25, 0.3) is 0 Å². The number of alkyl carbamates (subject to hydrolysis) is 1. The third kappa shape index (κ3) is 5.06. The molecular weight excluding hydrogens is 381 g/mol. The molecule has 0 bridgehead atoms. The zero-order valence-corrected chi connectivity index (χ0v) is 16.9. The van der Waals surface area contributed by atoms with Crippen LogP contribution < -0.4 is 5.32 Å². The van der Waals surface area contributed by atoms with Gasteiger partial charge in [-0.05, 0) is 31.0 Å². The van der Waals surface area contributed by atoms with Crippen molar-refractivity contribution in [2.24, 2.45) is 0 Å². The highest BCUT2D eigenvalue weighted by atomic mass is 35.5. The van der Waals surface area contributed by atoms with Gasteiger partial charge in [-0.2, -0.15) is 0 Å². The molecule has 0 unspecified atom stereocenters. The van der Waals surface area contributed by atoms with Crippen LogP contribution >= 0.6 is 35.0 Å². The van der Waals surface area contributed by atoms with E-state index in [0.29, 0.717) is 22.4 Å². The Hall–Kier alpha value is -1.37. The van der Waals surface area contributed by atoms with E-state index in [1.165, 1.54) is 7.05 Å². The minimum atomic E-state index is -0.479. The number of ether oxygens (including phenoxy) is 1. The van der Waals surface area contributed by atoms with Crippen LogP contribution in [0.25, 0.3) is 0 Å². The standard InChI is InChI=1S/C17H21Cl2N3O2S/c1-5-22-14(9-24-17(23)20-4)21-15(10(2)3)16(22)25-13-7-11(18)6-12(19)8-13/h6-8,10H,5,9H2,1-4H3,(H,20,23). The van der Waals surface area contributed by atoms with Gasteiger partial charge in [0.05, 0.1) is 5.69 Å². The summed E-state index contributed by atoms with van der Waals surface area (Å²) in [4.78, 5) is 17.0. The molecule has 5 nitrogen and oxygen atoms in total. The lowest BCUT2D eigenvalue weighted by Gasteiger charge is -2.12. The molecule has 25 heavy (non-hydrogen) atoms. The van der Waals surface area contributed by atoms with Crippen molar-refractivity contribution in [2.75, 3.05) is 7.05 Å². The van der Waals surface area contributed by atoms with Gasteiger partial charge in [-0.15, -0.1) is 0 Å². The summed E-state index contributed by atoms with van der Waals surface area (Å²) < 4.78 is 7.22. The van der Waals surface area contributed by atoms with Gasteiger partial charge >= 0.3 is 6.09 Å². The first-order valence-corrected chi connectivity index (χ1v) is 9.50. The zero-order valence-electron chi connectivity index (χ0n) is 14.6. The molecule has 1 aromatic carbocycles. The molecule has 0 saturated carbocycles. The second-order valence-corrected chi connectivity index (χ2v) is 7.59. The number of benzene rings is 1. The first kappa shape index (κ1) is 19.9. The predicted molar refractivity (Wildman–Crippen MR) is 102 cm³/mol. The number of rotatable bonds is 6. The topological polar surface area (TPSA) is 56.1 Å². The number of nitrogens with one attached hydrogen (secondary N) is 1. The number of nitrogens with zero attached hydrogens (tertiary/aromatic N) is 2.